The summed E-state index contributed by atoms with van der Waals surface area (Å²) >= 11 is 5.65. The van der Waals surface area contributed by atoms with Gasteiger partial charge in [0.05, 0.1) is 5.39 Å². The van der Waals surface area contributed by atoms with Crippen LogP contribution >= 0.6 is 11.6 Å². The summed E-state index contributed by atoms with van der Waals surface area (Å²) in [6.45, 7) is 0. The van der Waals surface area contributed by atoms with Gasteiger partial charge in [-0.3, -0.25) is 4.79 Å². The van der Waals surface area contributed by atoms with E-state index in [0.29, 0.717) is 16.2 Å². The molecular formula is C8H6ClN3O2. The van der Waals surface area contributed by atoms with Gasteiger partial charge in [0, 0.05) is 0 Å². The summed E-state index contributed by atoms with van der Waals surface area (Å²) in [5, 5.41) is 0.679. The van der Waals surface area contributed by atoms with Crippen molar-refractivity contribution in [3.05, 3.63) is 34.0 Å². The van der Waals surface area contributed by atoms with Crippen LogP contribution in [0, 0.1) is 0 Å². The molecule has 0 saturated carbocycles. The van der Waals surface area contributed by atoms with Crippen LogP contribution in [0.15, 0.2) is 23.3 Å². The van der Waals surface area contributed by atoms with Crippen molar-refractivity contribution in [3.63, 3.8) is 0 Å². The first kappa shape index (κ1) is 8.96. The molecule has 6 heteroatoms. The van der Waals surface area contributed by atoms with Gasteiger partial charge < -0.3 is 4.84 Å². The van der Waals surface area contributed by atoms with E-state index in [9.17, 15) is 4.79 Å². The van der Waals surface area contributed by atoms with Gasteiger partial charge in [-0.25, -0.2) is 9.97 Å². The van der Waals surface area contributed by atoms with E-state index in [1.165, 1.54) is 19.5 Å². The summed E-state index contributed by atoms with van der Waals surface area (Å²) in [6.07, 6.45) is 1.26. The van der Waals surface area contributed by atoms with Gasteiger partial charge in [-0.15, -0.1) is 4.73 Å². The maximum Gasteiger partial charge on any atom is 0.295 e. The van der Waals surface area contributed by atoms with Crippen LogP contribution in [-0.2, 0) is 0 Å². The molecular weight excluding hydrogens is 206 g/mol. The lowest BCUT2D eigenvalue weighted by Crippen LogP contribution is -2.25. The lowest BCUT2D eigenvalue weighted by molar-refractivity contribution is 0.155. The van der Waals surface area contributed by atoms with Gasteiger partial charge in [0.1, 0.15) is 18.6 Å². The molecule has 0 aliphatic heterocycles. The third kappa shape index (κ3) is 1.31. The van der Waals surface area contributed by atoms with Gasteiger partial charge in [0.2, 0.25) is 0 Å². The zero-order valence-electron chi connectivity index (χ0n) is 7.27. The molecule has 2 rings (SSSR count). The average molecular weight is 212 g/mol. The molecule has 0 fully saturated rings. The van der Waals surface area contributed by atoms with Crippen molar-refractivity contribution in [2.24, 2.45) is 0 Å². The molecule has 5 nitrogen and oxygen atoms in total. The minimum absolute atomic E-state index is 0.304. The largest absolute Gasteiger partial charge is 0.413 e. The molecule has 2 heterocycles. The fourth-order valence-electron chi connectivity index (χ4n) is 1.10. The van der Waals surface area contributed by atoms with E-state index in [1.807, 2.05) is 0 Å². The lowest BCUT2D eigenvalue weighted by atomic mass is 10.3. The number of fused-ring (bicyclic) bond motifs is 1. The number of nitrogens with zero attached hydrogens (tertiary/aromatic N) is 3. The van der Waals surface area contributed by atoms with Crippen molar-refractivity contribution < 1.29 is 4.84 Å². The summed E-state index contributed by atoms with van der Waals surface area (Å²) in [7, 11) is 1.39. The highest BCUT2D eigenvalue weighted by Crippen LogP contribution is 2.08. The van der Waals surface area contributed by atoms with Crippen molar-refractivity contribution in [1.82, 2.24) is 14.7 Å². The summed E-state index contributed by atoms with van der Waals surface area (Å²) in [5.41, 5.74) is 0.0115. The Morgan fingerprint density at radius 3 is 3.00 bits per heavy atom. The monoisotopic (exact) mass is 211 g/mol. The Morgan fingerprint density at radius 1 is 1.50 bits per heavy atom. The number of rotatable bonds is 1. The van der Waals surface area contributed by atoms with E-state index in [-0.39, 0.29) is 5.56 Å². The predicted octanol–water partition coefficient (Wildman–Crippen LogP) is 0.503. The second-order valence-corrected chi connectivity index (χ2v) is 2.95. The van der Waals surface area contributed by atoms with Crippen LogP contribution in [0.25, 0.3) is 11.0 Å². The van der Waals surface area contributed by atoms with E-state index in [1.54, 1.807) is 6.07 Å². The number of pyridine rings is 1. The molecule has 0 spiro atoms. The normalized spacial score (nSPS) is 10.4. The maximum atomic E-state index is 11.6. The molecule has 0 atom stereocenters. The summed E-state index contributed by atoms with van der Waals surface area (Å²) in [5.74, 6) is 0. The highest BCUT2D eigenvalue weighted by atomic mass is 35.5. The molecule has 0 radical (unpaired) electrons. The highest BCUT2D eigenvalue weighted by molar-refractivity contribution is 6.29. The van der Waals surface area contributed by atoms with E-state index in [4.69, 9.17) is 16.4 Å². The Kier molecular flexibility index (Phi) is 2.09. The Labute approximate surface area is 83.9 Å². The van der Waals surface area contributed by atoms with Crippen molar-refractivity contribution in [1.29, 1.82) is 0 Å². The molecule has 0 N–H and O–H groups in total. The number of aromatic nitrogens is 3. The standard InChI is InChI=1S/C8H6ClN3O2/c1-14-12-4-10-7-5(8(12)13)2-3-6(9)11-7/h2-4H,1H3. The predicted molar refractivity (Wildman–Crippen MR) is 51.3 cm³/mol. The molecule has 0 aromatic carbocycles. The van der Waals surface area contributed by atoms with Gasteiger partial charge in [0.25, 0.3) is 5.56 Å². The SMILES string of the molecule is COn1cnc2nc(Cl)ccc2c1=O. The first-order chi connectivity index (χ1) is 6.72. The molecule has 0 amide bonds. The van der Waals surface area contributed by atoms with E-state index >= 15 is 0 Å². The third-order valence-electron chi connectivity index (χ3n) is 1.75. The van der Waals surface area contributed by atoms with Gasteiger partial charge >= 0.3 is 0 Å². The van der Waals surface area contributed by atoms with Gasteiger partial charge in [-0.05, 0) is 12.1 Å². The van der Waals surface area contributed by atoms with Gasteiger partial charge in [-0.1, -0.05) is 11.6 Å². The zero-order chi connectivity index (χ0) is 10.1. The molecule has 72 valence electrons. The van der Waals surface area contributed by atoms with E-state index < -0.39 is 0 Å². The second-order valence-electron chi connectivity index (χ2n) is 2.56. The molecule has 2 aromatic heterocycles. The van der Waals surface area contributed by atoms with Crippen molar-refractivity contribution in [3.8, 4) is 0 Å². The first-order valence-electron chi connectivity index (χ1n) is 3.81. The quantitative estimate of drug-likeness (QED) is 0.645. The van der Waals surface area contributed by atoms with Crippen molar-refractivity contribution >= 4 is 22.6 Å². The Bertz CT molecular complexity index is 538. The molecule has 0 aliphatic rings. The second kappa shape index (κ2) is 3.26. The molecule has 14 heavy (non-hydrogen) atoms. The summed E-state index contributed by atoms with van der Waals surface area (Å²) in [4.78, 5) is 24.2. The highest BCUT2D eigenvalue weighted by Gasteiger charge is 2.04. The van der Waals surface area contributed by atoms with E-state index in [0.717, 1.165) is 4.73 Å². The van der Waals surface area contributed by atoms with Crippen molar-refractivity contribution in [2.75, 3.05) is 7.11 Å². The third-order valence-corrected chi connectivity index (χ3v) is 1.96. The minimum atomic E-state index is -0.304. The van der Waals surface area contributed by atoms with E-state index in [2.05, 4.69) is 9.97 Å². The van der Waals surface area contributed by atoms with Crippen LogP contribution < -0.4 is 10.4 Å². The summed E-state index contributed by atoms with van der Waals surface area (Å²) < 4.78 is 1.03. The number of hydrogen-bond acceptors (Lipinski definition) is 4. The Morgan fingerprint density at radius 2 is 2.29 bits per heavy atom. The van der Waals surface area contributed by atoms with Crippen LogP contribution in [0.5, 0.6) is 0 Å². The van der Waals surface area contributed by atoms with Crippen LogP contribution in [0.4, 0.5) is 0 Å². The van der Waals surface area contributed by atoms with Crippen molar-refractivity contribution in [2.45, 2.75) is 0 Å². The average Bonchev–Trinajstić information content (AvgIpc) is 2.18. The van der Waals surface area contributed by atoms with Crippen LogP contribution in [0.3, 0.4) is 0 Å². The molecule has 2 aromatic rings. The first-order valence-corrected chi connectivity index (χ1v) is 4.18. The lowest BCUT2D eigenvalue weighted by Gasteiger charge is -2.02. The maximum absolute atomic E-state index is 11.6. The van der Waals surface area contributed by atoms with Crippen LogP contribution in [0.2, 0.25) is 5.15 Å². The summed E-state index contributed by atoms with van der Waals surface area (Å²) in [6, 6.07) is 3.10. The van der Waals surface area contributed by atoms with Crippen LogP contribution in [-0.4, -0.2) is 21.8 Å². The fourth-order valence-corrected chi connectivity index (χ4v) is 1.24. The molecule has 0 aliphatic carbocycles. The zero-order valence-corrected chi connectivity index (χ0v) is 8.02. The number of halogens is 1. The minimum Gasteiger partial charge on any atom is -0.413 e. The fraction of sp³-hybridized carbons (Fsp3) is 0.125. The molecule has 0 bridgehead atoms. The number of hydrogen-bond donors (Lipinski definition) is 0. The molecule has 0 saturated heterocycles. The Hall–Kier alpha value is -1.62. The van der Waals surface area contributed by atoms with Gasteiger partial charge in [0.15, 0.2) is 5.65 Å². The van der Waals surface area contributed by atoms with Gasteiger partial charge in [-0.2, -0.15) is 0 Å². The van der Waals surface area contributed by atoms with Crippen LogP contribution in [0.1, 0.15) is 0 Å². The topological polar surface area (TPSA) is 57.0 Å². The Balaban J connectivity index is 2.84. The molecule has 0 unspecified atom stereocenters. The smallest absolute Gasteiger partial charge is 0.295 e.